The SMILES string of the molecule is CCc1nc(NCCCO)c(C#N)c2c1COC(C)(C)C2. The van der Waals surface area contributed by atoms with Crippen LogP contribution in [0.5, 0.6) is 0 Å². The predicted octanol–water partition coefficient (Wildman–Crippen LogP) is 2.16. The van der Waals surface area contributed by atoms with Crippen molar-refractivity contribution in [2.24, 2.45) is 0 Å². The van der Waals surface area contributed by atoms with E-state index >= 15 is 0 Å². The van der Waals surface area contributed by atoms with Crippen LogP contribution in [0.4, 0.5) is 5.82 Å². The van der Waals surface area contributed by atoms with E-state index in [2.05, 4.69) is 23.3 Å². The van der Waals surface area contributed by atoms with Crippen LogP contribution in [0.2, 0.25) is 0 Å². The van der Waals surface area contributed by atoms with Crippen molar-refractivity contribution in [1.29, 1.82) is 5.26 Å². The van der Waals surface area contributed by atoms with Crippen molar-refractivity contribution in [3.63, 3.8) is 0 Å². The average Bonchev–Trinajstić information content (AvgIpc) is 2.45. The molecule has 2 N–H and O–H groups in total. The normalized spacial score (nSPS) is 16.1. The van der Waals surface area contributed by atoms with Gasteiger partial charge in [0.05, 0.1) is 17.8 Å². The summed E-state index contributed by atoms with van der Waals surface area (Å²) in [6, 6.07) is 2.30. The summed E-state index contributed by atoms with van der Waals surface area (Å²) in [4.78, 5) is 4.60. The summed E-state index contributed by atoms with van der Waals surface area (Å²) in [7, 11) is 0. The van der Waals surface area contributed by atoms with Gasteiger partial charge in [0, 0.05) is 30.8 Å². The van der Waals surface area contributed by atoms with Crippen molar-refractivity contribution in [3.8, 4) is 6.07 Å². The first-order valence-electron chi connectivity index (χ1n) is 7.45. The Morgan fingerprint density at radius 1 is 1.43 bits per heavy atom. The van der Waals surface area contributed by atoms with Crippen LogP contribution in [-0.2, 0) is 24.2 Å². The minimum absolute atomic E-state index is 0.126. The molecule has 0 saturated heterocycles. The maximum absolute atomic E-state index is 9.54. The van der Waals surface area contributed by atoms with Gasteiger partial charge in [-0.15, -0.1) is 0 Å². The Labute approximate surface area is 126 Å². The van der Waals surface area contributed by atoms with E-state index in [1.807, 2.05) is 13.8 Å². The monoisotopic (exact) mass is 289 g/mol. The summed E-state index contributed by atoms with van der Waals surface area (Å²) in [5, 5.41) is 21.6. The molecule has 0 aromatic carbocycles. The van der Waals surface area contributed by atoms with E-state index in [0.717, 1.165) is 29.7 Å². The lowest BCUT2D eigenvalue weighted by atomic mass is 9.87. The van der Waals surface area contributed by atoms with E-state index in [4.69, 9.17) is 9.84 Å². The van der Waals surface area contributed by atoms with Crippen molar-refractivity contribution in [2.75, 3.05) is 18.5 Å². The van der Waals surface area contributed by atoms with Crippen LogP contribution in [0.3, 0.4) is 0 Å². The first-order valence-corrected chi connectivity index (χ1v) is 7.45. The molecule has 0 bridgehead atoms. The highest BCUT2D eigenvalue weighted by molar-refractivity contribution is 5.60. The van der Waals surface area contributed by atoms with Crippen molar-refractivity contribution < 1.29 is 9.84 Å². The van der Waals surface area contributed by atoms with Crippen molar-refractivity contribution in [3.05, 3.63) is 22.4 Å². The predicted molar refractivity (Wildman–Crippen MR) is 81.1 cm³/mol. The summed E-state index contributed by atoms with van der Waals surface area (Å²) in [5.41, 5.74) is 3.49. The Kier molecular flexibility index (Phi) is 4.81. The fourth-order valence-corrected chi connectivity index (χ4v) is 2.66. The van der Waals surface area contributed by atoms with Crippen LogP contribution in [0.15, 0.2) is 0 Å². The molecule has 5 nitrogen and oxygen atoms in total. The molecule has 0 unspecified atom stereocenters. The van der Waals surface area contributed by atoms with Crippen LogP contribution < -0.4 is 5.32 Å². The van der Waals surface area contributed by atoms with E-state index in [1.165, 1.54) is 0 Å². The summed E-state index contributed by atoms with van der Waals surface area (Å²) < 4.78 is 5.87. The number of anilines is 1. The van der Waals surface area contributed by atoms with Gasteiger partial charge in [0.2, 0.25) is 0 Å². The average molecular weight is 289 g/mol. The number of aliphatic hydroxyl groups is 1. The highest BCUT2D eigenvalue weighted by Crippen LogP contribution is 2.34. The molecule has 114 valence electrons. The molecule has 1 aliphatic heterocycles. The zero-order chi connectivity index (χ0) is 15.5. The third-order valence-electron chi connectivity index (χ3n) is 3.78. The van der Waals surface area contributed by atoms with E-state index < -0.39 is 0 Å². The zero-order valence-electron chi connectivity index (χ0n) is 13.0. The van der Waals surface area contributed by atoms with Gasteiger partial charge in [-0.05, 0) is 32.3 Å². The molecule has 2 rings (SSSR count). The highest BCUT2D eigenvalue weighted by Gasteiger charge is 2.31. The van der Waals surface area contributed by atoms with Gasteiger partial charge in [-0.1, -0.05) is 6.92 Å². The lowest BCUT2D eigenvalue weighted by Gasteiger charge is -2.33. The number of hydrogen-bond acceptors (Lipinski definition) is 5. The number of aromatic nitrogens is 1. The number of hydrogen-bond donors (Lipinski definition) is 2. The van der Waals surface area contributed by atoms with Gasteiger partial charge in [0.15, 0.2) is 0 Å². The Morgan fingerprint density at radius 2 is 2.19 bits per heavy atom. The van der Waals surface area contributed by atoms with Crippen molar-refractivity contribution >= 4 is 5.82 Å². The third-order valence-corrected chi connectivity index (χ3v) is 3.78. The maximum Gasteiger partial charge on any atom is 0.144 e. The number of rotatable bonds is 5. The van der Waals surface area contributed by atoms with Crippen LogP contribution in [-0.4, -0.2) is 28.8 Å². The number of ether oxygens (including phenoxy) is 1. The Hall–Kier alpha value is -1.64. The van der Waals surface area contributed by atoms with Gasteiger partial charge in [0.25, 0.3) is 0 Å². The van der Waals surface area contributed by atoms with Gasteiger partial charge in [0.1, 0.15) is 11.9 Å². The number of aliphatic hydroxyl groups excluding tert-OH is 1. The molecular weight excluding hydrogens is 266 g/mol. The largest absolute Gasteiger partial charge is 0.396 e. The molecule has 21 heavy (non-hydrogen) atoms. The van der Waals surface area contributed by atoms with E-state index in [9.17, 15) is 5.26 Å². The minimum atomic E-state index is -0.257. The van der Waals surface area contributed by atoms with Gasteiger partial charge in [-0.3, -0.25) is 0 Å². The van der Waals surface area contributed by atoms with Crippen molar-refractivity contribution in [1.82, 2.24) is 4.98 Å². The molecule has 2 heterocycles. The molecule has 0 fully saturated rings. The molecule has 0 radical (unpaired) electrons. The minimum Gasteiger partial charge on any atom is -0.396 e. The summed E-state index contributed by atoms with van der Waals surface area (Å²) in [5.74, 6) is 0.638. The molecule has 0 atom stereocenters. The topological polar surface area (TPSA) is 78.2 Å². The van der Waals surface area contributed by atoms with E-state index in [-0.39, 0.29) is 12.2 Å². The highest BCUT2D eigenvalue weighted by atomic mass is 16.5. The third kappa shape index (κ3) is 3.34. The van der Waals surface area contributed by atoms with Gasteiger partial charge >= 0.3 is 0 Å². The van der Waals surface area contributed by atoms with Crippen LogP contribution >= 0.6 is 0 Å². The van der Waals surface area contributed by atoms with E-state index in [1.54, 1.807) is 0 Å². The van der Waals surface area contributed by atoms with Gasteiger partial charge in [-0.2, -0.15) is 5.26 Å². The quantitative estimate of drug-likeness (QED) is 0.812. The van der Waals surface area contributed by atoms with Crippen LogP contribution in [0.25, 0.3) is 0 Å². The molecule has 1 aromatic rings. The second-order valence-electron chi connectivity index (χ2n) is 5.93. The zero-order valence-corrected chi connectivity index (χ0v) is 13.0. The number of fused-ring (bicyclic) bond motifs is 1. The van der Waals surface area contributed by atoms with Gasteiger partial charge < -0.3 is 15.2 Å². The Bertz CT molecular complexity index is 562. The molecular formula is C16H23N3O2. The van der Waals surface area contributed by atoms with Gasteiger partial charge in [-0.25, -0.2) is 4.98 Å². The molecule has 0 aliphatic carbocycles. The Morgan fingerprint density at radius 3 is 2.81 bits per heavy atom. The molecule has 0 saturated carbocycles. The fourth-order valence-electron chi connectivity index (χ4n) is 2.66. The molecule has 0 amide bonds. The Balaban J connectivity index is 2.46. The second-order valence-corrected chi connectivity index (χ2v) is 5.93. The maximum atomic E-state index is 9.54. The number of nitriles is 1. The summed E-state index contributed by atoms with van der Waals surface area (Å²) in [6.45, 7) is 7.40. The number of nitrogens with one attached hydrogen (secondary N) is 1. The number of aryl methyl sites for hydroxylation is 1. The van der Waals surface area contributed by atoms with Crippen molar-refractivity contribution in [2.45, 2.75) is 52.2 Å². The lowest BCUT2D eigenvalue weighted by Crippen LogP contribution is -2.33. The smallest absolute Gasteiger partial charge is 0.144 e. The lowest BCUT2D eigenvalue weighted by molar-refractivity contribution is -0.0406. The first kappa shape index (κ1) is 15.7. The standard InChI is InChI=1S/C16H23N3O2/c1-4-14-13-10-21-16(2,3)8-11(13)12(9-17)15(19-14)18-6-5-7-20/h20H,4-8,10H2,1-3H3,(H,18,19). The van der Waals surface area contributed by atoms with Crippen LogP contribution in [0.1, 0.15) is 49.6 Å². The fraction of sp³-hybridized carbons (Fsp3) is 0.625. The summed E-state index contributed by atoms with van der Waals surface area (Å²) >= 11 is 0. The molecule has 1 aliphatic rings. The summed E-state index contributed by atoms with van der Waals surface area (Å²) in [6.07, 6.45) is 2.17. The molecule has 0 spiro atoms. The van der Waals surface area contributed by atoms with Crippen LogP contribution in [0, 0.1) is 11.3 Å². The number of pyridine rings is 1. The molecule has 5 heteroatoms. The first-order chi connectivity index (χ1) is 10.0. The number of nitrogens with zero attached hydrogens (tertiary/aromatic N) is 2. The van der Waals surface area contributed by atoms with E-state index in [0.29, 0.717) is 31.0 Å². The second kappa shape index (κ2) is 6.42. The molecule has 1 aromatic heterocycles.